The highest BCUT2D eigenvalue weighted by Gasteiger charge is 2.13. The van der Waals surface area contributed by atoms with E-state index in [9.17, 15) is 9.59 Å². The summed E-state index contributed by atoms with van der Waals surface area (Å²) in [6.45, 7) is 2.18. The smallest absolute Gasteiger partial charge is 0.274 e. The number of nitrogens with zero attached hydrogens (tertiary/aromatic N) is 1. The number of aryl methyl sites for hydroxylation is 1. The molecule has 0 saturated carbocycles. The number of hydrogen-bond donors (Lipinski definition) is 2. The molecule has 5 nitrogen and oxygen atoms in total. The van der Waals surface area contributed by atoms with E-state index < -0.39 is 0 Å². The molecule has 0 bridgehead atoms. The van der Waals surface area contributed by atoms with Gasteiger partial charge in [-0.15, -0.1) is 0 Å². The largest absolute Gasteiger partial charge is 0.347 e. The Labute approximate surface area is 162 Å². The third-order valence-corrected chi connectivity index (χ3v) is 4.37. The fraction of sp³-hybridized carbons (Fsp3) is 0.0952. The summed E-state index contributed by atoms with van der Waals surface area (Å²) < 4.78 is 0. The van der Waals surface area contributed by atoms with Crippen LogP contribution < -0.4 is 10.6 Å². The van der Waals surface area contributed by atoms with Crippen LogP contribution in [-0.4, -0.2) is 16.8 Å². The molecule has 0 unspecified atom stereocenters. The van der Waals surface area contributed by atoms with Crippen LogP contribution >= 0.6 is 11.6 Å². The zero-order valence-electron chi connectivity index (χ0n) is 14.7. The van der Waals surface area contributed by atoms with Gasteiger partial charge in [0.05, 0.1) is 0 Å². The Kier molecular flexibility index (Phi) is 5.84. The van der Waals surface area contributed by atoms with Crippen LogP contribution in [-0.2, 0) is 6.54 Å². The van der Waals surface area contributed by atoms with E-state index in [1.807, 2.05) is 49.4 Å². The van der Waals surface area contributed by atoms with Crippen molar-refractivity contribution in [3.05, 3.63) is 94.3 Å². The molecule has 0 fully saturated rings. The number of amides is 2. The zero-order chi connectivity index (χ0) is 19.2. The number of pyridine rings is 1. The normalized spacial score (nSPS) is 10.3. The van der Waals surface area contributed by atoms with Gasteiger partial charge in [-0.1, -0.05) is 54.1 Å². The van der Waals surface area contributed by atoms with Crippen molar-refractivity contribution in [3.63, 3.8) is 0 Å². The van der Waals surface area contributed by atoms with E-state index in [-0.39, 0.29) is 29.7 Å². The highest BCUT2D eigenvalue weighted by atomic mass is 35.5. The van der Waals surface area contributed by atoms with Crippen molar-refractivity contribution >= 4 is 29.1 Å². The van der Waals surface area contributed by atoms with Crippen LogP contribution in [0.15, 0.2) is 66.7 Å². The quantitative estimate of drug-likeness (QED) is 0.697. The Morgan fingerprint density at radius 3 is 2.30 bits per heavy atom. The van der Waals surface area contributed by atoms with Gasteiger partial charge in [-0.05, 0) is 42.3 Å². The first-order chi connectivity index (χ1) is 13.0. The summed E-state index contributed by atoms with van der Waals surface area (Å²) in [6.07, 6.45) is 0. The molecule has 0 spiro atoms. The van der Waals surface area contributed by atoms with Crippen LogP contribution in [0.5, 0.6) is 0 Å². The maximum absolute atomic E-state index is 12.4. The fourth-order valence-electron chi connectivity index (χ4n) is 2.49. The van der Waals surface area contributed by atoms with Crippen LogP contribution in [0.4, 0.5) is 5.69 Å². The van der Waals surface area contributed by atoms with Crippen LogP contribution in [0.2, 0.25) is 5.02 Å². The van der Waals surface area contributed by atoms with Crippen molar-refractivity contribution in [1.29, 1.82) is 0 Å². The number of carbonyl (C=O) groups excluding carboxylic acids is 2. The van der Waals surface area contributed by atoms with Gasteiger partial charge in [0.25, 0.3) is 11.8 Å². The summed E-state index contributed by atoms with van der Waals surface area (Å²) in [5.41, 5.74) is 2.79. The second-order valence-corrected chi connectivity index (χ2v) is 6.36. The fourth-order valence-corrected chi connectivity index (χ4v) is 2.70. The average molecular weight is 380 g/mol. The molecule has 1 aromatic heterocycles. The lowest BCUT2D eigenvalue weighted by atomic mass is 10.2. The summed E-state index contributed by atoms with van der Waals surface area (Å²) in [5, 5.41) is 6.15. The highest BCUT2D eigenvalue weighted by Crippen LogP contribution is 2.15. The van der Waals surface area contributed by atoms with Crippen LogP contribution in [0.3, 0.4) is 0 Å². The number of hydrogen-bond acceptors (Lipinski definition) is 3. The first-order valence-corrected chi connectivity index (χ1v) is 8.78. The molecule has 3 rings (SSSR count). The second kappa shape index (κ2) is 8.47. The van der Waals surface area contributed by atoms with E-state index in [0.717, 1.165) is 11.1 Å². The second-order valence-electron chi connectivity index (χ2n) is 5.95. The topological polar surface area (TPSA) is 71.1 Å². The molecule has 0 radical (unpaired) electrons. The molecule has 6 heteroatoms. The minimum Gasteiger partial charge on any atom is -0.347 e. The molecular formula is C21H18ClN3O2. The van der Waals surface area contributed by atoms with E-state index in [4.69, 9.17) is 11.6 Å². The Bertz CT molecular complexity index is 988. The molecule has 0 atom stereocenters. The van der Waals surface area contributed by atoms with E-state index in [1.54, 1.807) is 24.3 Å². The average Bonchev–Trinajstić information content (AvgIpc) is 2.69. The summed E-state index contributed by atoms with van der Waals surface area (Å²) in [6, 6.07) is 19.5. The van der Waals surface area contributed by atoms with Gasteiger partial charge in [0.2, 0.25) is 0 Å². The molecule has 3 aromatic rings. The molecule has 0 aliphatic carbocycles. The maximum Gasteiger partial charge on any atom is 0.274 e. The zero-order valence-corrected chi connectivity index (χ0v) is 15.5. The number of para-hydroxylation sites is 1. The van der Waals surface area contributed by atoms with Gasteiger partial charge >= 0.3 is 0 Å². The predicted octanol–water partition coefficient (Wildman–Crippen LogP) is 4.23. The van der Waals surface area contributed by atoms with Gasteiger partial charge in [0.15, 0.2) is 0 Å². The number of nitrogens with one attached hydrogen (secondary N) is 2. The molecule has 1 heterocycles. The van der Waals surface area contributed by atoms with E-state index in [1.165, 1.54) is 0 Å². The molecule has 2 aromatic carbocycles. The third-order valence-electron chi connectivity index (χ3n) is 4.00. The summed E-state index contributed by atoms with van der Waals surface area (Å²) in [7, 11) is 0. The number of carbonyl (C=O) groups is 2. The Morgan fingerprint density at radius 2 is 1.56 bits per heavy atom. The molecule has 2 N–H and O–H groups in total. The molecule has 0 aliphatic heterocycles. The van der Waals surface area contributed by atoms with Crippen LogP contribution in [0.25, 0.3) is 0 Å². The SMILES string of the molecule is Cc1ccccc1NC(=O)c1cccc(C(=O)NCc2ccccc2Cl)n1. The van der Waals surface area contributed by atoms with Gasteiger partial charge in [-0.2, -0.15) is 0 Å². The summed E-state index contributed by atoms with van der Waals surface area (Å²) in [4.78, 5) is 29.0. The lowest BCUT2D eigenvalue weighted by Crippen LogP contribution is -2.25. The van der Waals surface area contributed by atoms with Gasteiger partial charge in [-0.25, -0.2) is 4.98 Å². The first-order valence-electron chi connectivity index (χ1n) is 8.40. The number of benzene rings is 2. The minimum atomic E-state index is -0.375. The van der Waals surface area contributed by atoms with Crippen LogP contribution in [0.1, 0.15) is 32.1 Å². The monoisotopic (exact) mass is 379 g/mol. The molecule has 0 saturated heterocycles. The van der Waals surface area contributed by atoms with Crippen molar-refractivity contribution in [2.75, 3.05) is 5.32 Å². The molecular weight excluding hydrogens is 362 g/mol. The Hall–Kier alpha value is -3.18. The number of halogens is 1. The van der Waals surface area contributed by atoms with Crippen molar-refractivity contribution in [3.8, 4) is 0 Å². The number of rotatable bonds is 5. The van der Waals surface area contributed by atoms with E-state index in [0.29, 0.717) is 10.7 Å². The standard InChI is InChI=1S/C21H18ClN3O2/c1-14-7-2-5-10-17(14)25-21(27)19-12-6-11-18(24-19)20(26)23-13-15-8-3-4-9-16(15)22/h2-12H,13H2,1H3,(H,23,26)(H,25,27). The van der Waals surface area contributed by atoms with Crippen molar-refractivity contribution < 1.29 is 9.59 Å². The minimum absolute atomic E-state index is 0.166. The first kappa shape index (κ1) is 18.6. The predicted molar refractivity (Wildman–Crippen MR) is 106 cm³/mol. The van der Waals surface area contributed by atoms with Gasteiger partial charge in [0.1, 0.15) is 11.4 Å². The third kappa shape index (κ3) is 4.71. The van der Waals surface area contributed by atoms with Gasteiger partial charge in [-0.3, -0.25) is 9.59 Å². The summed E-state index contributed by atoms with van der Waals surface area (Å²) in [5.74, 6) is -0.745. The maximum atomic E-state index is 12.4. The Balaban J connectivity index is 1.69. The number of aromatic nitrogens is 1. The molecule has 2 amide bonds. The number of anilines is 1. The lowest BCUT2D eigenvalue weighted by Gasteiger charge is -2.09. The molecule has 0 aliphatic rings. The molecule has 136 valence electrons. The van der Waals surface area contributed by atoms with Gasteiger partial charge < -0.3 is 10.6 Å². The summed E-state index contributed by atoms with van der Waals surface area (Å²) >= 11 is 6.09. The van der Waals surface area contributed by atoms with Crippen molar-refractivity contribution in [2.45, 2.75) is 13.5 Å². The van der Waals surface area contributed by atoms with Crippen molar-refractivity contribution in [1.82, 2.24) is 10.3 Å². The highest BCUT2D eigenvalue weighted by molar-refractivity contribution is 6.31. The molecule has 27 heavy (non-hydrogen) atoms. The van der Waals surface area contributed by atoms with Crippen LogP contribution in [0, 0.1) is 6.92 Å². The van der Waals surface area contributed by atoms with E-state index >= 15 is 0 Å². The van der Waals surface area contributed by atoms with Crippen molar-refractivity contribution in [2.24, 2.45) is 0 Å². The Morgan fingerprint density at radius 1 is 0.889 bits per heavy atom. The van der Waals surface area contributed by atoms with Gasteiger partial charge in [0, 0.05) is 17.3 Å². The lowest BCUT2D eigenvalue weighted by molar-refractivity contribution is 0.0945. The van der Waals surface area contributed by atoms with E-state index in [2.05, 4.69) is 15.6 Å².